The van der Waals surface area contributed by atoms with Gasteiger partial charge in [0.25, 0.3) is 0 Å². The minimum absolute atomic E-state index is 0.0926. The average molecular weight is 171 g/mol. The third-order valence-corrected chi connectivity index (χ3v) is 1.50. The molecule has 6 nitrogen and oxygen atoms in total. The summed E-state index contributed by atoms with van der Waals surface area (Å²) in [7, 11) is -4.24. The lowest BCUT2D eigenvalue weighted by molar-refractivity contribution is 0.503. The van der Waals surface area contributed by atoms with E-state index in [4.69, 9.17) is 16.0 Å². The summed E-state index contributed by atoms with van der Waals surface area (Å²) < 4.78 is 30.6. The van der Waals surface area contributed by atoms with Crippen LogP contribution in [-0.4, -0.2) is 18.9 Å². The average Bonchev–Trinajstić information content (AvgIpc) is 1.59. The summed E-state index contributed by atoms with van der Waals surface area (Å²) in [5.41, 5.74) is 9.46. The van der Waals surface area contributed by atoms with Crippen LogP contribution in [-0.2, 0) is 9.15 Å². The van der Waals surface area contributed by atoms with Gasteiger partial charge in [0.1, 0.15) is 11.0 Å². The number of rotatable bonds is 2. The lowest BCUT2D eigenvalue weighted by atomic mass is 11.1. The zero-order valence-electron chi connectivity index (χ0n) is 4.18. The Hall–Kier alpha value is -0.470. The summed E-state index contributed by atoms with van der Waals surface area (Å²) in [4.78, 5) is 0. The highest BCUT2D eigenvalue weighted by Gasteiger charge is 2.02. The third kappa shape index (κ3) is 7.53. The van der Waals surface area contributed by atoms with Crippen molar-refractivity contribution >= 4 is 26.1 Å². The molecule has 0 aromatic rings. The molecule has 0 atom stereocenters. The van der Waals surface area contributed by atoms with E-state index in [-0.39, 0.29) is 11.0 Å². The molecule has 0 spiro atoms. The lowest BCUT2D eigenvalue weighted by Gasteiger charge is -1.86. The van der Waals surface area contributed by atoms with Gasteiger partial charge in [-0.2, -0.15) is 12.8 Å². The zero-order valence-corrected chi connectivity index (χ0v) is 5.82. The number of nitrogens with zero attached hydrogens (tertiary/aromatic N) is 1. The highest BCUT2D eigenvalue weighted by Crippen LogP contribution is 2.08. The molecule has 0 radical (unpaired) electrons. The van der Waals surface area contributed by atoms with Gasteiger partial charge < -0.3 is 11.5 Å². The molecular weight excluding hydrogens is 166 g/mol. The van der Waals surface area contributed by atoms with E-state index in [0.717, 1.165) is 0 Å². The van der Waals surface area contributed by atoms with E-state index >= 15 is 0 Å². The normalized spacial score (nSPS) is 10.8. The van der Waals surface area contributed by atoms with Crippen LogP contribution in [0, 0.1) is 0 Å². The fraction of sp³-hybridized carbons (Fsp3) is 0. The van der Waals surface area contributed by atoms with Crippen molar-refractivity contribution < 1.29 is 13.0 Å². The van der Waals surface area contributed by atoms with E-state index in [1.165, 1.54) is 0 Å². The molecule has 0 aliphatic rings. The Balaban J connectivity index is 3.95. The second-order valence-electron chi connectivity index (χ2n) is 1.02. The molecule has 0 aromatic carbocycles. The first kappa shape index (κ1) is 8.53. The smallest absolute Gasteiger partial charge is 0.341 e. The molecule has 8 heteroatoms. The van der Waals surface area contributed by atoms with E-state index in [1.807, 2.05) is 0 Å². The lowest BCUT2D eigenvalue weighted by Crippen LogP contribution is -2.21. The number of nitrogens with two attached hydrogens (primary N) is 2. The van der Waals surface area contributed by atoms with Gasteiger partial charge in [0.05, 0.1) is 0 Å². The number of hydrogen-bond acceptors (Lipinski definition) is 4. The van der Waals surface area contributed by atoms with E-state index in [1.54, 1.807) is 0 Å². The SMILES string of the molecule is NC(N)=NSS(=O)(=O)O. The minimum atomic E-state index is -4.15. The summed E-state index contributed by atoms with van der Waals surface area (Å²) in [6, 6.07) is 0. The molecule has 0 saturated carbocycles. The minimum Gasteiger partial charge on any atom is -0.369 e. The molecule has 0 fully saturated rings. The van der Waals surface area contributed by atoms with Gasteiger partial charge in [-0.1, -0.05) is 0 Å². The van der Waals surface area contributed by atoms with Gasteiger partial charge in [0.15, 0.2) is 5.96 Å². The Morgan fingerprint density at radius 3 is 2.11 bits per heavy atom. The van der Waals surface area contributed by atoms with Crippen molar-refractivity contribution in [1.29, 1.82) is 0 Å². The maximum Gasteiger partial charge on any atom is 0.341 e. The van der Waals surface area contributed by atoms with Gasteiger partial charge in [0.2, 0.25) is 0 Å². The van der Waals surface area contributed by atoms with Gasteiger partial charge in [-0.15, -0.1) is 0 Å². The van der Waals surface area contributed by atoms with Crippen LogP contribution in [0.1, 0.15) is 0 Å². The van der Waals surface area contributed by atoms with Crippen molar-refractivity contribution in [2.24, 2.45) is 15.9 Å². The first-order chi connectivity index (χ1) is 3.92. The van der Waals surface area contributed by atoms with Crippen LogP contribution in [0.15, 0.2) is 4.40 Å². The first-order valence-corrected chi connectivity index (χ1v) is 4.40. The van der Waals surface area contributed by atoms with Crippen LogP contribution in [0.3, 0.4) is 0 Å². The van der Waals surface area contributed by atoms with Gasteiger partial charge in [-0.3, -0.25) is 4.55 Å². The van der Waals surface area contributed by atoms with E-state index in [2.05, 4.69) is 4.40 Å². The Morgan fingerprint density at radius 1 is 1.56 bits per heavy atom. The van der Waals surface area contributed by atoms with E-state index in [0.29, 0.717) is 0 Å². The molecule has 0 aliphatic carbocycles. The van der Waals surface area contributed by atoms with Gasteiger partial charge in [0, 0.05) is 0 Å². The Kier molecular flexibility index (Phi) is 2.74. The first-order valence-electron chi connectivity index (χ1n) is 1.67. The summed E-state index contributed by atoms with van der Waals surface area (Å²) in [6.45, 7) is 0. The Morgan fingerprint density at radius 2 is 2.00 bits per heavy atom. The van der Waals surface area contributed by atoms with Crippen LogP contribution in [0.25, 0.3) is 0 Å². The van der Waals surface area contributed by atoms with E-state index < -0.39 is 15.1 Å². The molecule has 0 amide bonds. The maximum atomic E-state index is 9.84. The van der Waals surface area contributed by atoms with Crippen LogP contribution < -0.4 is 11.5 Å². The van der Waals surface area contributed by atoms with Crippen molar-refractivity contribution in [3.63, 3.8) is 0 Å². The Bertz CT molecular complexity index is 201. The van der Waals surface area contributed by atoms with Crippen molar-refractivity contribution in [3.8, 4) is 0 Å². The molecule has 9 heavy (non-hydrogen) atoms. The summed E-state index contributed by atoms with van der Waals surface area (Å²) in [6.07, 6.45) is 0. The molecule has 0 aromatic heterocycles. The second-order valence-corrected chi connectivity index (χ2v) is 3.92. The monoisotopic (exact) mass is 171 g/mol. The maximum absolute atomic E-state index is 9.84. The molecule has 0 unspecified atom stereocenters. The molecule has 0 aliphatic heterocycles. The van der Waals surface area contributed by atoms with Crippen molar-refractivity contribution in [2.45, 2.75) is 0 Å². The van der Waals surface area contributed by atoms with Gasteiger partial charge in [-0.25, -0.2) is 0 Å². The summed E-state index contributed by atoms with van der Waals surface area (Å²) in [5.74, 6) is -0.405. The molecule has 0 heterocycles. The van der Waals surface area contributed by atoms with Crippen LogP contribution >= 0.6 is 11.0 Å². The van der Waals surface area contributed by atoms with Crippen molar-refractivity contribution in [2.75, 3.05) is 0 Å². The molecule has 0 saturated heterocycles. The number of guanidine groups is 1. The standard InChI is InChI=1S/CH5N3O3S2/c2-1(3)4-8-9(5,6)7/h(H4,2,3,4)(H,5,6,7). The van der Waals surface area contributed by atoms with Gasteiger partial charge in [-0.05, 0) is 0 Å². The van der Waals surface area contributed by atoms with E-state index in [9.17, 15) is 8.42 Å². The molecule has 54 valence electrons. The number of hydrogen-bond donors (Lipinski definition) is 3. The Labute approximate surface area is 55.6 Å². The highest BCUT2D eigenvalue weighted by atomic mass is 33.2. The summed E-state index contributed by atoms with van der Waals surface area (Å²) in [5, 5.41) is 0. The fourth-order valence-corrected chi connectivity index (χ4v) is 0.811. The third-order valence-electron chi connectivity index (χ3n) is 0.237. The largest absolute Gasteiger partial charge is 0.369 e. The molecule has 0 rings (SSSR count). The van der Waals surface area contributed by atoms with Crippen LogP contribution in [0.2, 0.25) is 0 Å². The van der Waals surface area contributed by atoms with Crippen molar-refractivity contribution in [1.82, 2.24) is 0 Å². The second kappa shape index (κ2) is 2.90. The molecule has 0 bridgehead atoms. The van der Waals surface area contributed by atoms with Crippen LogP contribution in [0.5, 0.6) is 0 Å². The zero-order chi connectivity index (χ0) is 7.49. The molecular formula is CH5N3O3S2. The quantitative estimate of drug-likeness (QED) is 0.156. The predicted octanol–water partition coefficient (Wildman–Crippen LogP) is -1.29. The van der Waals surface area contributed by atoms with Crippen LogP contribution in [0.4, 0.5) is 0 Å². The predicted molar refractivity (Wildman–Crippen MR) is 34.9 cm³/mol. The fourth-order valence-electron chi connectivity index (χ4n) is 0.0901. The summed E-state index contributed by atoms with van der Waals surface area (Å²) >= 11 is 0. The van der Waals surface area contributed by atoms with Gasteiger partial charge >= 0.3 is 9.15 Å². The topological polar surface area (TPSA) is 119 Å². The molecule has 5 N–H and O–H groups in total. The highest BCUT2D eigenvalue weighted by molar-refractivity contribution is 8.69. The van der Waals surface area contributed by atoms with Crippen molar-refractivity contribution in [3.05, 3.63) is 0 Å².